The molecule has 0 saturated carbocycles. The molecular formula is C91H91BrN4O26. The Morgan fingerprint density at radius 2 is 0.926 bits per heavy atom. The van der Waals surface area contributed by atoms with Gasteiger partial charge in [-0.15, -0.1) is 0 Å². The number of Topliss-reactive ketones (excluding diaryl/α,β-unsaturated/α-hetero) is 4. The average molecular weight is 1740 g/mol. The first-order valence-electron chi connectivity index (χ1n) is 38.8. The quantitative estimate of drug-likeness (QED) is 0.0433. The van der Waals surface area contributed by atoms with E-state index in [0.29, 0.717) is 112 Å². The lowest BCUT2D eigenvalue weighted by Gasteiger charge is -2.29. The third-order valence-electron chi connectivity index (χ3n) is 23.7. The van der Waals surface area contributed by atoms with Crippen LogP contribution >= 0.6 is 15.9 Å². The third-order valence-corrected chi connectivity index (χ3v) is 24.4. The van der Waals surface area contributed by atoms with Crippen LogP contribution in [0.4, 0.5) is 0 Å². The van der Waals surface area contributed by atoms with Crippen molar-refractivity contribution >= 4 is 105 Å². The Kier molecular flexibility index (Phi) is 29.4. The smallest absolute Gasteiger partial charge is 0.338 e. The topological polar surface area (TPSA) is 453 Å². The number of ether oxygens (including phenoxy) is 9. The number of hydrogen-bond acceptors (Lipinski definition) is 28. The van der Waals surface area contributed by atoms with Gasteiger partial charge in [-0.25, -0.2) is 28.8 Å². The number of aliphatic hydroxyl groups is 2. The number of nitrogens with one attached hydrogen (secondary N) is 2. The van der Waals surface area contributed by atoms with E-state index in [1.165, 1.54) is 81.7 Å². The molecule has 2 fully saturated rings. The van der Waals surface area contributed by atoms with Crippen LogP contribution in [0.5, 0.6) is 0 Å². The minimum absolute atomic E-state index is 0.0350. The number of esters is 9. The third kappa shape index (κ3) is 17.6. The zero-order valence-corrected chi connectivity index (χ0v) is 70.1. The molecular weight excluding hydrogens is 1640 g/mol. The van der Waals surface area contributed by atoms with Crippen LogP contribution in [0.3, 0.4) is 0 Å². The van der Waals surface area contributed by atoms with E-state index in [1.54, 1.807) is 78.9 Å². The number of nitrogens with two attached hydrogens (primary N) is 1. The van der Waals surface area contributed by atoms with E-state index in [9.17, 15) is 82.1 Å². The van der Waals surface area contributed by atoms with Crippen molar-refractivity contribution in [2.45, 2.75) is 102 Å². The molecule has 2 spiro atoms. The van der Waals surface area contributed by atoms with Crippen molar-refractivity contribution in [2.24, 2.45) is 33.3 Å². The van der Waals surface area contributed by atoms with Gasteiger partial charge in [0.1, 0.15) is 16.7 Å². The summed E-state index contributed by atoms with van der Waals surface area (Å²) in [6.45, 7) is 1.53. The van der Waals surface area contributed by atoms with Crippen LogP contribution in [0.15, 0.2) is 132 Å². The highest BCUT2D eigenvalue weighted by Crippen LogP contribution is 2.53. The fourth-order valence-corrected chi connectivity index (χ4v) is 18.0. The molecule has 2 amide bonds. The second-order valence-electron chi connectivity index (χ2n) is 30.0. The van der Waals surface area contributed by atoms with Gasteiger partial charge in [-0.3, -0.25) is 43.2 Å². The van der Waals surface area contributed by atoms with Gasteiger partial charge in [0.15, 0.2) is 23.1 Å². The number of carbonyl (C=O) groups excluding carboxylic acids is 15. The minimum atomic E-state index is -1.57. The molecule has 16 rings (SSSR count). The lowest BCUT2D eigenvalue weighted by atomic mass is 9.79. The molecule has 6 N–H and O–H groups in total. The molecule has 7 aliphatic carbocycles. The lowest BCUT2D eigenvalue weighted by molar-refractivity contribution is -0.160. The molecule has 7 aromatic rings. The molecule has 0 bridgehead atoms. The van der Waals surface area contributed by atoms with Crippen LogP contribution in [0.1, 0.15) is 210 Å². The van der Waals surface area contributed by atoms with Gasteiger partial charge in [-0.1, -0.05) is 101 Å². The van der Waals surface area contributed by atoms with E-state index in [1.807, 2.05) is 42.5 Å². The van der Waals surface area contributed by atoms with Crippen molar-refractivity contribution in [1.29, 1.82) is 5.26 Å². The van der Waals surface area contributed by atoms with Crippen molar-refractivity contribution in [3.63, 3.8) is 0 Å². The molecule has 122 heavy (non-hydrogen) atoms. The van der Waals surface area contributed by atoms with Crippen LogP contribution in [-0.4, -0.2) is 183 Å². The van der Waals surface area contributed by atoms with Gasteiger partial charge in [0.05, 0.1) is 133 Å². The van der Waals surface area contributed by atoms with Gasteiger partial charge in [0, 0.05) is 52.7 Å². The van der Waals surface area contributed by atoms with E-state index < -0.39 is 81.9 Å². The average Bonchev–Trinajstić information content (AvgIpc) is 1.68. The van der Waals surface area contributed by atoms with Gasteiger partial charge in [0.2, 0.25) is 11.8 Å². The molecule has 7 unspecified atom stereocenters. The molecule has 30 nitrogen and oxygen atoms in total. The highest BCUT2D eigenvalue weighted by molar-refractivity contribution is 9.10. The summed E-state index contributed by atoms with van der Waals surface area (Å²) < 4.78 is 43.5. The summed E-state index contributed by atoms with van der Waals surface area (Å²) in [7, 11) is 11.5. The fraction of sp³-hybridized carbons (Fsp3) is 0.363. The number of fused-ring (bicyclic) bond motifs is 7. The van der Waals surface area contributed by atoms with Crippen molar-refractivity contribution in [3.05, 3.63) is 243 Å². The predicted molar refractivity (Wildman–Crippen MR) is 435 cm³/mol. The van der Waals surface area contributed by atoms with Crippen molar-refractivity contribution in [3.8, 4) is 6.07 Å². The maximum absolute atomic E-state index is 12.6. The highest BCUT2D eigenvalue weighted by atomic mass is 79.9. The number of ketones is 4. The SMILES string of the molecule is COC(=O)c1cccc2c1C(O)C1(CCNC1=O)C2.COC(=O)c1cccc2c1CC(C(=O)OC)C2=O.COC(=O)c1cccc2c1CC(CC#N)(C(=O)OC)C2=O.COC(=O)c1cccc2c1CC(CCN)(C(=O)OC)C2O.COC(=O)c1cccc2c1CC1(CCNC1=O)C2.COC(=O)c1cccc2c1CCC2=O.O=C1CCc2c(Br)cccc21. The van der Waals surface area contributed by atoms with Gasteiger partial charge >= 0.3 is 53.7 Å². The first-order valence-corrected chi connectivity index (χ1v) is 39.6. The number of amides is 2. The number of methoxy groups -OCH3 is 9. The highest BCUT2D eigenvalue weighted by Gasteiger charge is 2.57. The van der Waals surface area contributed by atoms with E-state index >= 15 is 0 Å². The zero-order chi connectivity index (χ0) is 88.9. The molecule has 7 atom stereocenters. The molecule has 2 aliphatic heterocycles. The molecule has 0 radical (unpaired) electrons. The maximum Gasteiger partial charge on any atom is 0.338 e. The number of nitriles is 1. The summed E-state index contributed by atoms with van der Waals surface area (Å²) >= 11 is 3.42. The van der Waals surface area contributed by atoms with Crippen LogP contribution in [-0.2, 0) is 118 Å². The summed E-state index contributed by atoms with van der Waals surface area (Å²) in [5.74, 6) is -5.87. The first-order chi connectivity index (χ1) is 58.4. The van der Waals surface area contributed by atoms with Crippen molar-refractivity contribution in [2.75, 3.05) is 83.6 Å². The lowest BCUT2D eigenvalue weighted by Crippen LogP contribution is -2.38. The summed E-state index contributed by atoms with van der Waals surface area (Å²) in [5.41, 5.74) is 14.0. The zero-order valence-electron chi connectivity index (χ0n) is 68.5. The van der Waals surface area contributed by atoms with Gasteiger partial charge in [-0.2, -0.15) is 5.26 Å². The van der Waals surface area contributed by atoms with Gasteiger partial charge < -0.3 is 69.2 Å². The Hall–Kier alpha value is -12.8. The van der Waals surface area contributed by atoms with Crippen LogP contribution in [0, 0.1) is 38.9 Å². The number of nitrogens with zero attached hydrogens (tertiary/aromatic N) is 1. The molecule has 31 heteroatoms. The summed E-state index contributed by atoms with van der Waals surface area (Å²) in [6, 6.07) is 38.1. The number of hydrogen-bond donors (Lipinski definition) is 5. The molecule has 638 valence electrons. The van der Waals surface area contributed by atoms with Crippen LogP contribution in [0.25, 0.3) is 0 Å². The summed E-state index contributed by atoms with van der Waals surface area (Å²) in [4.78, 5) is 177. The largest absolute Gasteiger partial charge is 0.468 e. The van der Waals surface area contributed by atoms with Crippen LogP contribution in [0.2, 0.25) is 0 Å². The van der Waals surface area contributed by atoms with E-state index in [0.717, 1.165) is 58.1 Å². The van der Waals surface area contributed by atoms with Crippen LogP contribution < -0.4 is 16.4 Å². The van der Waals surface area contributed by atoms with E-state index in [4.69, 9.17) is 34.7 Å². The Bertz CT molecular complexity index is 5460. The molecule has 0 aromatic heterocycles. The minimum Gasteiger partial charge on any atom is -0.468 e. The van der Waals surface area contributed by atoms with Gasteiger partial charge in [0.25, 0.3) is 0 Å². The number of aliphatic hydroxyl groups excluding tert-OH is 2. The normalized spacial score (nSPS) is 21.0. The number of benzene rings is 7. The Morgan fingerprint density at radius 3 is 1.44 bits per heavy atom. The second-order valence-corrected chi connectivity index (χ2v) is 30.8. The van der Waals surface area contributed by atoms with Crippen molar-refractivity contribution in [1.82, 2.24) is 10.6 Å². The number of halogens is 1. The second kappa shape index (κ2) is 39.2. The standard InChI is InChI=1S/C15H19NO5.C15H13NO5.C14H15NO4.C14H15NO3.C13H12O5.C11H10O3.C9H7BrO/c2*1-20-13(18)10-5-3-4-9-11(10)8-15(6-7-16,12(9)17)14(19)21-2;1-19-12(17)9-4-2-3-8-7-14(11(16)10(8)9)5-6-15-13(14)18;1-18-12(16)10-4-2-3-9-7-14(8-11(9)10)5-6-15-13(14)17;1-17-12(15)8-5-3-4-7-9(8)6-10(11(7)14)13(16)18-2;1-14-11(13)9-4-2-3-8-7(9)5-6-10(8)12;10-8-3-1-2-7-6(8)4-5-9(7)11/h3-5,12,17H,6-8,16H2,1-2H3;3-5H,6,8H2,1-2H3;2-4,11,16H,5-7H2,1H3,(H,15,18);2-4H,5-8H2,1H3,(H,15,17);3-5,10H,6H2,1-2H3;2-4H,5-6H2,1H3;1-3H,4-5H2. The van der Waals surface area contributed by atoms with Crippen molar-refractivity contribution < 1.29 is 125 Å². The Balaban J connectivity index is 0.000000150. The monoisotopic (exact) mass is 1730 g/mol. The Labute approximate surface area is 709 Å². The van der Waals surface area contributed by atoms with E-state index in [2.05, 4.69) is 45.5 Å². The predicted octanol–water partition coefficient (Wildman–Crippen LogP) is 8.68. The molecule has 7 aromatic carbocycles. The molecule has 2 heterocycles. The summed E-state index contributed by atoms with van der Waals surface area (Å²) in [6.07, 6.45) is 4.37. The number of rotatable bonds is 12. The molecule has 2 saturated heterocycles. The molecule has 9 aliphatic rings. The van der Waals surface area contributed by atoms with E-state index in [-0.39, 0.29) is 96.3 Å². The fourth-order valence-electron chi connectivity index (χ4n) is 17.4. The van der Waals surface area contributed by atoms with Gasteiger partial charge in [-0.05, 0) is 175 Å². The first kappa shape index (κ1) is 91.5. The maximum atomic E-state index is 12.6. The Morgan fingerprint density at radius 1 is 0.459 bits per heavy atom. The summed E-state index contributed by atoms with van der Waals surface area (Å²) in [5, 5.41) is 35.8. The number of carbonyl (C=O) groups is 15.